The highest BCUT2D eigenvalue weighted by Crippen LogP contribution is 2.08. The van der Waals surface area contributed by atoms with Crippen LogP contribution >= 0.6 is 0 Å². The number of fused-ring (bicyclic) bond motifs is 1. The summed E-state index contributed by atoms with van der Waals surface area (Å²) < 4.78 is 5.13. The van der Waals surface area contributed by atoms with Gasteiger partial charge in [-0.1, -0.05) is 54.6 Å². The molecule has 136 valence electrons. The molecule has 0 aliphatic rings. The molecule has 0 aliphatic heterocycles. The molecular weight excluding hydrogens is 340 g/mol. The van der Waals surface area contributed by atoms with Crippen LogP contribution in [-0.2, 0) is 0 Å². The van der Waals surface area contributed by atoms with Crippen molar-refractivity contribution in [3.05, 3.63) is 110 Å². The van der Waals surface area contributed by atoms with E-state index in [1.807, 2.05) is 60.7 Å². The first-order valence-corrected chi connectivity index (χ1v) is 8.15. The van der Waals surface area contributed by atoms with Crippen LogP contribution in [0.1, 0.15) is 10.5 Å². The molecule has 6 heteroatoms. The number of nitrogens with one attached hydrogen (secondary N) is 1. The SMILES string of the molecule is NC(=O)c1ccocncc2ccccc2ccccccc[nH]ccn1. The Kier molecular flexibility index (Phi) is 8.33. The highest BCUT2D eigenvalue weighted by atomic mass is 16.3. The highest BCUT2D eigenvalue weighted by molar-refractivity contribution is 5.90. The largest absolute Gasteiger partial charge is 0.453 e. The van der Waals surface area contributed by atoms with Gasteiger partial charge in [-0.15, -0.1) is 0 Å². The number of aromatic nitrogens is 3. The quantitative estimate of drug-likeness (QED) is 0.798. The first-order chi connectivity index (χ1) is 13.3. The third-order valence-electron chi connectivity index (χ3n) is 3.19. The number of primary amides is 1. The fraction of sp³-hybridized carbons (Fsp3) is 0. The van der Waals surface area contributed by atoms with Crippen molar-refractivity contribution >= 4 is 16.7 Å². The Hall–Kier alpha value is -3.93. The van der Waals surface area contributed by atoms with E-state index in [1.54, 1.807) is 18.6 Å². The van der Waals surface area contributed by atoms with Crippen LogP contribution < -0.4 is 5.73 Å². The Balaban J connectivity index is 2.57. The minimum Gasteiger partial charge on any atom is -0.453 e. The van der Waals surface area contributed by atoms with Crippen LogP contribution in [0.25, 0.3) is 10.8 Å². The highest BCUT2D eigenvalue weighted by Gasteiger charge is 1.95. The summed E-state index contributed by atoms with van der Waals surface area (Å²) >= 11 is 0. The maximum absolute atomic E-state index is 11.3. The normalized spacial score (nSPS) is 9.04. The van der Waals surface area contributed by atoms with Crippen LogP contribution in [0.3, 0.4) is 0 Å². The molecule has 27 heavy (non-hydrogen) atoms. The van der Waals surface area contributed by atoms with E-state index in [0.29, 0.717) is 0 Å². The minimum absolute atomic E-state index is 0.0498. The average Bonchev–Trinajstić information content (AvgIpc) is 2.66. The van der Waals surface area contributed by atoms with Crippen molar-refractivity contribution in [2.75, 3.05) is 0 Å². The minimum atomic E-state index is -0.667. The van der Waals surface area contributed by atoms with Crippen LogP contribution in [0.2, 0.25) is 0 Å². The van der Waals surface area contributed by atoms with Crippen molar-refractivity contribution < 1.29 is 9.21 Å². The molecular formula is C21H20N4O2. The van der Waals surface area contributed by atoms with Crippen molar-refractivity contribution in [2.24, 2.45) is 5.73 Å². The zero-order chi connectivity index (χ0) is 19.2. The number of benzene rings is 1. The molecule has 2 rings (SSSR count). The third-order valence-corrected chi connectivity index (χ3v) is 3.19. The Morgan fingerprint density at radius 3 is 2.41 bits per heavy atom. The second-order valence-corrected chi connectivity index (χ2v) is 5.11. The molecule has 0 unspecified atom stereocenters. The van der Waals surface area contributed by atoms with E-state index in [1.165, 1.54) is 24.9 Å². The van der Waals surface area contributed by atoms with E-state index in [4.69, 9.17) is 10.2 Å². The lowest BCUT2D eigenvalue weighted by molar-refractivity contribution is 0.0995. The van der Waals surface area contributed by atoms with Gasteiger partial charge in [0, 0.05) is 36.2 Å². The summed E-state index contributed by atoms with van der Waals surface area (Å²) in [5, 5.41) is 1.97. The third kappa shape index (κ3) is 7.66. The smallest absolute Gasteiger partial charge is 0.267 e. The Bertz CT molecular complexity index is 993. The molecule has 1 heterocycles. The van der Waals surface area contributed by atoms with E-state index in [9.17, 15) is 4.79 Å². The molecule has 2 aromatic rings. The van der Waals surface area contributed by atoms with Gasteiger partial charge in [0.25, 0.3) is 5.91 Å². The number of carbonyl (C=O) groups excluding carboxylic acids is 1. The van der Waals surface area contributed by atoms with E-state index in [-0.39, 0.29) is 5.69 Å². The molecule has 0 fully saturated rings. The molecule has 0 spiro atoms. The second-order valence-electron chi connectivity index (χ2n) is 5.11. The van der Waals surface area contributed by atoms with E-state index in [0.717, 1.165) is 10.8 Å². The maximum atomic E-state index is 11.3. The fourth-order valence-corrected chi connectivity index (χ4v) is 1.93. The van der Waals surface area contributed by atoms with Gasteiger partial charge >= 0.3 is 0 Å². The lowest BCUT2D eigenvalue weighted by atomic mass is 10.2. The van der Waals surface area contributed by atoms with Gasteiger partial charge in [0.1, 0.15) is 5.69 Å². The summed E-state index contributed by atoms with van der Waals surface area (Å²) in [6.45, 7) is 0. The van der Waals surface area contributed by atoms with Crippen LogP contribution in [0.5, 0.6) is 0 Å². The van der Waals surface area contributed by atoms with E-state index >= 15 is 0 Å². The molecule has 0 radical (unpaired) electrons. The maximum Gasteiger partial charge on any atom is 0.267 e. The van der Waals surface area contributed by atoms with Gasteiger partial charge in [0.05, 0.1) is 6.26 Å². The molecule has 3 N–H and O–H groups in total. The number of carbonyl (C=O) groups is 1. The number of hydrogen-bond acceptors (Lipinski definition) is 4. The van der Waals surface area contributed by atoms with E-state index < -0.39 is 5.91 Å². The van der Waals surface area contributed by atoms with Crippen molar-refractivity contribution in [1.29, 1.82) is 0 Å². The molecule has 0 atom stereocenters. The molecule has 1 amide bonds. The van der Waals surface area contributed by atoms with Crippen molar-refractivity contribution in [3.63, 3.8) is 0 Å². The van der Waals surface area contributed by atoms with Crippen LogP contribution in [0.15, 0.2) is 109 Å². The number of hydrogen-bond donors (Lipinski definition) is 2. The van der Waals surface area contributed by atoms with Gasteiger partial charge in [-0.05, 0) is 11.5 Å². The summed E-state index contributed by atoms with van der Waals surface area (Å²) in [5.41, 5.74) is 5.32. The Labute approximate surface area is 157 Å². The number of H-pyrrole nitrogens is 1. The molecule has 6 nitrogen and oxygen atoms in total. The summed E-state index contributed by atoms with van der Waals surface area (Å²) in [7, 11) is 0. The number of aromatic amines is 1. The zero-order valence-corrected chi connectivity index (χ0v) is 14.6. The van der Waals surface area contributed by atoms with Crippen molar-refractivity contribution in [1.82, 2.24) is 15.0 Å². The van der Waals surface area contributed by atoms with Gasteiger partial charge < -0.3 is 15.1 Å². The molecule has 0 saturated heterocycles. The van der Waals surface area contributed by atoms with Crippen molar-refractivity contribution in [2.45, 2.75) is 0 Å². The van der Waals surface area contributed by atoms with Crippen LogP contribution in [0.4, 0.5) is 0 Å². The molecule has 1 aromatic carbocycles. The summed E-state index contributed by atoms with van der Waals surface area (Å²) in [6.07, 6.45) is 8.93. The lowest BCUT2D eigenvalue weighted by Crippen LogP contribution is -2.11. The predicted octanol–water partition coefficient (Wildman–Crippen LogP) is 4.15. The lowest BCUT2D eigenvalue weighted by Gasteiger charge is -1.89. The summed E-state index contributed by atoms with van der Waals surface area (Å²) in [4.78, 5) is 22.3. The van der Waals surface area contributed by atoms with Gasteiger partial charge in [-0.25, -0.2) is 9.97 Å². The van der Waals surface area contributed by atoms with Gasteiger partial charge in [0.15, 0.2) is 6.39 Å². The number of amides is 1. The van der Waals surface area contributed by atoms with Gasteiger partial charge in [-0.2, -0.15) is 0 Å². The molecule has 0 saturated carbocycles. The number of rotatable bonds is 1. The average molecular weight is 360 g/mol. The first kappa shape index (κ1) is 19.4. The van der Waals surface area contributed by atoms with Crippen LogP contribution in [0, 0.1) is 0 Å². The number of nitrogens with zero attached hydrogens (tertiary/aromatic N) is 2. The second kappa shape index (κ2) is 11.6. The fourth-order valence-electron chi connectivity index (χ4n) is 1.93. The topological polar surface area (TPSA) is 97.8 Å². The summed E-state index contributed by atoms with van der Waals surface area (Å²) in [6, 6.07) is 20.7. The number of nitrogens with two attached hydrogens (primary N) is 1. The van der Waals surface area contributed by atoms with Gasteiger partial charge in [0.2, 0.25) is 0 Å². The molecule has 0 aliphatic carbocycles. The molecule has 1 aromatic heterocycles. The summed E-state index contributed by atoms with van der Waals surface area (Å²) in [5.74, 6) is -0.667. The predicted molar refractivity (Wildman–Crippen MR) is 105 cm³/mol. The zero-order valence-electron chi connectivity index (χ0n) is 14.6. The van der Waals surface area contributed by atoms with Gasteiger partial charge in [-0.3, -0.25) is 4.79 Å². The molecule has 0 bridgehead atoms. The Morgan fingerprint density at radius 2 is 1.59 bits per heavy atom. The van der Waals surface area contributed by atoms with Crippen molar-refractivity contribution in [3.8, 4) is 0 Å². The van der Waals surface area contributed by atoms with E-state index in [2.05, 4.69) is 15.0 Å². The first-order valence-electron chi connectivity index (χ1n) is 8.15. The Morgan fingerprint density at radius 1 is 0.889 bits per heavy atom. The monoisotopic (exact) mass is 360 g/mol. The van der Waals surface area contributed by atoms with Crippen LogP contribution in [-0.4, -0.2) is 20.9 Å². The standard InChI is InChI=1S/C21H20N4O2/c22-21(26)20-11-15-27-17-24-16-19-10-6-5-9-18(19)8-4-2-1-3-7-12-23-13-14-25-20/h1-17,23H,(H2,22,26).